The van der Waals surface area contributed by atoms with Crippen LogP contribution in [0.1, 0.15) is 38.8 Å². The van der Waals surface area contributed by atoms with E-state index in [0.29, 0.717) is 13.1 Å². The number of piperazine rings is 1. The maximum Gasteiger partial charge on any atom is 0.410 e. The highest BCUT2D eigenvalue weighted by Crippen LogP contribution is 2.25. The van der Waals surface area contributed by atoms with Crippen molar-refractivity contribution in [2.75, 3.05) is 26.2 Å². The Morgan fingerprint density at radius 3 is 2.20 bits per heavy atom. The molecule has 0 aliphatic carbocycles. The van der Waals surface area contributed by atoms with Crippen molar-refractivity contribution in [3.05, 3.63) is 53.6 Å². The zero-order valence-electron chi connectivity index (χ0n) is 16.1. The van der Waals surface area contributed by atoms with Crippen LogP contribution in [0.5, 0.6) is 0 Å². The zero-order chi connectivity index (χ0) is 18.6. The predicted octanol–water partition coefficient (Wildman–Crippen LogP) is 4.46. The molecular weight excluding hydrogens is 312 g/mol. The molecule has 1 amide bonds. The largest absolute Gasteiger partial charge is 0.444 e. The molecule has 0 unspecified atom stereocenters. The number of carbonyl (C=O) groups is 1. The minimum Gasteiger partial charge on any atom is -0.444 e. The van der Waals surface area contributed by atoms with Gasteiger partial charge in [0.1, 0.15) is 5.60 Å². The van der Waals surface area contributed by atoms with Gasteiger partial charge in [-0.2, -0.15) is 0 Å². The first kappa shape index (κ1) is 19.1. The lowest BCUT2D eigenvalue weighted by Crippen LogP contribution is -2.49. The summed E-state index contributed by atoms with van der Waals surface area (Å²) < 4.78 is 5.48. The Hall–Kier alpha value is -2.23. The Morgan fingerprint density at radius 2 is 1.68 bits per heavy atom. The molecule has 0 aromatic heterocycles. The van der Waals surface area contributed by atoms with Crippen LogP contribution >= 0.6 is 0 Å². The second-order valence-electron chi connectivity index (χ2n) is 7.65. The van der Waals surface area contributed by atoms with Crippen LogP contribution in [0, 0.1) is 6.92 Å². The molecule has 0 N–H and O–H groups in total. The Morgan fingerprint density at radius 1 is 1.12 bits per heavy atom. The lowest BCUT2D eigenvalue weighted by atomic mass is 10.0. The number of rotatable bonds is 3. The molecule has 0 bridgehead atoms. The molecule has 1 aromatic carbocycles. The van der Waals surface area contributed by atoms with Crippen LogP contribution in [0.4, 0.5) is 4.79 Å². The maximum absolute atomic E-state index is 12.2. The molecule has 25 heavy (non-hydrogen) atoms. The van der Waals surface area contributed by atoms with Gasteiger partial charge in [0, 0.05) is 37.4 Å². The molecule has 4 nitrogen and oxygen atoms in total. The maximum atomic E-state index is 12.2. The molecule has 1 heterocycles. The number of benzene rings is 1. The number of carbonyl (C=O) groups excluding carboxylic acids is 1. The number of hydrogen-bond acceptors (Lipinski definition) is 3. The average Bonchev–Trinajstić information content (AvgIpc) is 2.52. The molecule has 0 atom stereocenters. The van der Waals surface area contributed by atoms with E-state index in [-0.39, 0.29) is 6.09 Å². The smallest absolute Gasteiger partial charge is 0.410 e. The fourth-order valence-electron chi connectivity index (χ4n) is 2.89. The molecule has 0 radical (unpaired) electrons. The van der Waals surface area contributed by atoms with Crippen LogP contribution in [0.3, 0.4) is 0 Å². The molecule has 2 rings (SSSR count). The zero-order valence-corrected chi connectivity index (χ0v) is 16.1. The van der Waals surface area contributed by atoms with Crippen molar-refractivity contribution in [2.24, 2.45) is 0 Å². The Bertz CT molecular complexity index is 663. The van der Waals surface area contributed by atoms with Crippen LogP contribution in [0.25, 0.3) is 5.70 Å². The van der Waals surface area contributed by atoms with Crippen LogP contribution in [-0.2, 0) is 4.74 Å². The second-order valence-corrected chi connectivity index (χ2v) is 7.65. The van der Waals surface area contributed by atoms with Gasteiger partial charge in [0.25, 0.3) is 0 Å². The van der Waals surface area contributed by atoms with Gasteiger partial charge in [-0.1, -0.05) is 36.4 Å². The summed E-state index contributed by atoms with van der Waals surface area (Å²) in [6.07, 6.45) is 1.90. The summed E-state index contributed by atoms with van der Waals surface area (Å²) in [5, 5.41) is 0. The van der Waals surface area contributed by atoms with Crippen molar-refractivity contribution < 1.29 is 9.53 Å². The quantitative estimate of drug-likeness (QED) is 0.760. The summed E-state index contributed by atoms with van der Waals surface area (Å²) in [4.78, 5) is 16.4. The second kappa shape index (κ2) is 7.77. The molecule has 0 spiro atoms. The van der Waals surface area contributed by atoms with Crippen molar-refractivity contribution >= 4 is 11.8 Å². The predicted molar refractivity (Wildman–Crippen MR) is 103 cm³/mol. The van der Waals surface area contributed by atoms with Gasteiger partial charge in [-0.05, 0) is 46.3 Å². The van der Waals surface area contributed by atoms with Gasteiger partial charge < -0.3 is 14.5 Å². The SMILES string of the molecule is C=C(C)/C=C(\c1ccccc1C)N1CCN(C(=O)OC(C)(C)C)CC1. The Kier molecular flexibility index (Phi) is 5.93. The lowest BCUT2D eigenvalue weighted by molar-refractivity contribution is 0.0182. The van der Waals surface area contributed by atoms with E-state index >= 15 is 0 Å². The Labute approximate surface area is 151 Å². The molecule has 136 valence electrons. The summed E-state index contributed by atoms with van der Waals surface area (Å²) in [7, 11) is 0. The van der Waals surface area contributed by atoms with E-state index in [0.717, 1.165) is 18.7 Å². The minimum atomic E-state index is -0.458. The lowest BCUT2D eigenvalue weighted by Gasteiger charge is -2.38. The van der Waals surface area contributed by atoms with Crippen molar-refractivity contribution in [3.8, 4) is 0 Å². The molecule has 1 aliphatic heterocycles. The fourth-order valence-corrected chi connectivity index (χ4v) is 2.89. The topological polar surface area (TPSA) is 32.8 Å². The average molecular weight is 342 g/mol. The van der Waals surface area contributed by atoms with Gasteiger partial charge in [0.05, 0.1) is 0 Å². The number of ether oxygens (including phenoxy) is 1. The first-order valence-corrected chi connectivity index (χ1v) is 8.83. The molecule has 1 aromatic rings. The van der Waals surface area contributed by atoms with Crippen molar-refractivity contribution in [1.29, 1.82) is 0 Å². The molecular formula is C21H30N2O2. The normalized spacial score (nSPS) is 16.0. The van der Waals surface area contributed by atoms with Crippen molar-refractivity contribution in [3.63, 3.8) is 0 Å². The summed E-state index contributed by atoms with van der Waals surface area (Å²) >= 11 is 0. The highest BCUT2D eigenvalue weighted by Gasteiger charge is 2.27. The standard InChI is InChI=1S/C21H30N2O2/c1-16(2)15-19(18-10-8-7-9-17(18)3)22-11-13-23(14-12-22)20(24)25-21(4,5)6/h7-10,15H,1,11-14H2,2-6H3/b19-15+. The molecule has 1 aliphatic rings. The monoisotopic (exact) mass is 342 g/mol. The van der Waals surface area contributed by atoms with E-state index < -0.39 is 5.60 Å². The van der Waals surface area contributed by atoms with E-state index in [1.54, 1.807) is 4.90 Å². The molecule has 1 fully saturated rings. The van der Waals surface area contributed by atoms with Gasteiger partial charge in [-0.25, -0.2) is 4.79 Å². The molecule has 0 saturated carbocycles. The van der Waals surface area contributed by atoms with E-state index in [2.05, 4.69) is 48.7 Å². The van der Waals surface area contributed by atoms with Gasteiger partial charge in [0.15, 0.2) is 0 Å². The highest BCUT2D eigenvalue weighted by atomic mass is 16.6. The van der Waals surface area contributed by atoms with E-state index in [1.807, 2.05) is 27.7 Å². The van der Waals surface area contributed by atoms with Gasteiger partial charge >= 0.3 is 6.09 Å². The first-order chi connectivity index (χ1) is 11.7. The number of allylic oxidation sites excluding steroid dienone is 2. The molecule has 1 saturated heterocycles. The van der Waals surface area contributed by atoms with Gasteiger partial charge in [-0.15, -0.1) is 0 Å². The van der Waals surface area contributed by atoms with Crippen molar-refractivity contribution in [1.82, 2.24) is 9.80 Å². The summed E-state index contributed by atoms with van der Waals surface area (Å²) in [6.45, 7) is 16.8. The Balaban J connectivity index is 2.12. The van der Waals surface area contributed by atoms with E-state index in [4.69, 9.17) is 4.74 Å². The first-order valence-electron chi connectivity index (χ1n) is 8.83. The van der Waals surface area contributed by atoms with Gasteiger partial charge in [0.2, 0.25) is 0 Å². The van der Waals surface area contributed by atoms with Crippen LogP contribution in [0.15, 0.2) is 42.5 Å². The van der Waals surface area contributed by atoms with Gasteiger partial charge in [-0.3, -0.25) is 0 Å². The van der Waals surface area contributed by atoms with Crippen LogP contribution in [-0.4, -0.2) is 47.7 Å². The van der Waals surface area contributed by atoms with Crippen LogP contribution < -0.4 is 0 Å². The minimum absolute atomic E-state index is 0.228. The number of hydrogen-bond donors (Lipinski definition) is 0. The van der Waals surface area contributed by atoms with E-state index in [9.17, 15) is 4.79 Å². The third-order valence-corrected chi connectivity index (χ3v) is 4.08. The molecule has 4 heteroatoms. The third kappa shape index (κ3) is 5.38. The van der Waals surface area contributed by atoms with Crippen molar-refractivity contribution in [2.45, 2.75) is 40.2 Å². The number of nitrogens with zero attached hydrogens (tertiary/aromatic N) is 2. The third-order valence-electron chi connectivity index (χ3n) is 4.08. The highest BCUT2D eigenvalue weighted by molar-refractivity contribution is 5.70. The van der Waals surface area contributed by atoms with E-state index in [1.165, 1.54) is 16.8 Å². The summed E-state index contributed by atoms with van der Waals surface area (Å²) in [5.41, 5.74) is 4.20. The fraction of sp³-hybridized carbons (Fsp3) is 0.476. The summed E-state index contributed by atoms with van der Waals surface area (Å²) in [5.74, 6) is 0. The van der Waals surface area contributed by atoms with Crippen LogP contribution in [0.2, 0.25) is 0 Å². The number of aryl methyl sites for hydroxylation is 1. The number of amides is 1. The summed E-state index contributed by atoms with van der Waals surface area (Å²) in [6, 6.07) is 8.38.